The third-order valence-corrected chi connectivity index (χ3v) is 5.64. The normalized spacial score (nSPS) is 17.4. The second-order valence-electron chi connectivity index (χ2n) is 9.07. The Kier molecular flexibility index (Phi) is 8.91. The summed E-state index contributed by atoms with van der Waals surface area (Å²) in [5.74, 6) is 1.13. The van der Waals surface area contributed by atoms with E-state index >= 15 is 0 Å². The van der Waals surface area contributed by atoms with E-state index in [1.807, 2.05) is 62.4 Å². The second kappa shape index (κ2) is 12.1. The van der Waals surface area contributed by atoms with Crippen LogP contribution in [0.2, 0.25) is 0 Å². The molecule has 2 amide bonds. The minimum atomic E-state index is -0.108. The van der Waals surface area contributed by atoms with Gasteiger partial charge in [-0.05, 0) is 74.9 Å². The molecule has 2 aromatic carbocycles. The number of hydrogen-bond acceptors (Lipinski definition) is 4. The maximum Gasteiger partial charge on any atom is 0.227 e. The van der Waals surface area contributed by atoms with E-state index < -0.39 is 0 Å². The summed E-state index contributed by atoms with van der Waals surface area (Å²) in [7, 11) is 0. The Balaban J connectivity index is 1.47. The summed E-state index contributed by atoms with van der Waals surface area (Å²) in [6.07, 6.45) is 2.71. The average Bonchev–Trinajstić information content (AvgIpc) is 2.82. The SMILES string of the molecule is C=C(C)COc1cccc(NC(=O)C2CCC(C(=O)Nc3cccc(OCC(=C)C)c3)CC2)c1. The van der Waals surface area contributed by atoms with E-state index in [1.165, 1.54) is 0 Å². The van der Waals surface area contributed by atoms with Crippen molar-refractivity contribution in [2.45, 2.75) is 39.5 Å². The lowest BCUT2D eigenvalue weighted by molar-refractivity contribution is -0.125. The van der Waals surface area contributed by atoms with Gasteiger partial charge in [0.05, 0.1) is 0 Å². The lowest BCUT2D eigenvalue weighted by atomic mass is 9.81. The predicted molar refractivity (Wildman–Crippen MR) is 136 cm³/mol. The molecule has 0 spiro atoms. The Morgan fingerprint density at radius 2 is 1.15 bits per heavy atom. The lowest BCUT2D eigenvalue weighted by Gasteiger charge is -2.27. The number of carbonyl (C=O) groups excluding carboxylic acids is 2. The minimum absolute atomic E-state index is 0.0155. The van der Waals surface area contributed by atoms with E-state index in [1.54, 1.807) is 0 Å². The molecule has 0 radical (unpaired) electrons. The summed E-state index contributed by atoms with van der Waals surface area (Å²) >= 11 is 0. The Morgan fingerprint density at radius 3 is 1.50 bits per heavy atom. The maximum atomic E-state index is 12.8. The topological polar surface area (TPSA) is 76.7 Å². The molecular weight excluding hydrogens is 428 g/mol. The fourth-order valence-corrected chi connectivity index (χ4v) is 3.85. The highest BCUT2D eigenvalue weighted by Gasteiger charge is 2.30. The van der Waals surface area contributed by atoms with Crippen molar-refractivity contribution in [2.75, 3.05) is 23.8 Å². The third kappa shape index (κ3) is 7.80. The molecule has 0 unspecified atom stereocenters. The standard InChI is InChI=1S/C28H34N2O4/c1-19(2)17-33-25-9-5-7-23(15-25)29-27(31)21-11-13-22(14-12-21)28(32)30-24-8-6-10-26(16-24)34-18-20(3)4/h5-10,15-16,21-22H,1,3,11-14,17-18H2,2,4H3,(H,29,31)(H,30,32). The highest BCUT2D eigenvalue weighted by Crippen LogP contribution is 2.31. The molecule has 1 saturated carbocycles. The van der Waals surface area contributed by atoms with Crippen molar-refractivity contribution < 1.29 is 19.1 Å². The molecule has 0 aromatic heterocycles. The fraction of sp³-hybridized carbons (Fsp3) is 0.357. The minimum Gasteiger partial charge on any atom is -0.489 e. The van der Waals surface area contributed by atoms with Crippen LogP contribution in [0.25, 0.3) is 0 Å². The van der Waals surface area contributed by atoms with Gasteiger partial charge in [-0.25, -0.2) is 0 Å². The quantitative estimate of drug-likeness (QED) is 0.426. The molecule has 2 aromatic rings. The van der Waals surface area contributed by atoms with Gasteiger partial charge in [-0.2, -0.15) is 0 Å². The van der Waals surface area contributed by atoms with Crippen LogP contribution in [-0.2, 0) is 9.59 Å². The van der Waals surface area contributed by atoms with Crippen LogP contribution in [0.4, 0.5) is 11.4 Å². The van der Waals surface area contributed by atoms with Gasteiger partial charge in [-0.3, -0.25) is 9.59 Å². The Bertz CT molecular complexity index is 955. The molecule has 2 N–H and O–H groups in total. The molecular formula is C28H34N2O4. The van der Waals surface area contributed by atoms with Crippen LogP contribution in [0.5, 0.6) is 11.5 Å². The van der Waals surface area contributed by atoms with Gasteiger partial charge in [0, 0.05) is 35.3 Å². The first-order chi connectivity index (χ1) is 16.3. The van der Waals surface area contributed by atoms with Gasteiger partial charge in [0.15, 0.2) is 0 Å². The predicted octanol–water partition coefficient (Wildman–Crippen LogP) is 5.98. The van der Waals surface area contributed by atoms with Crippen LogP contribution in [0.15, 0.2) is 72.8 Å². The van der Waals surface area contributed by atoms with E-state index in [-0.39, 0.29) is 23.7 Å². The lowest BCUT2D eigenvalue weighted by Crippen LogP contribution is -2.32. The Hall–Kier alpha value is -3.54. The molecule has 6 nitrogen and oxygen atoms in total. The molecule has 0 heterocycles. The van der Waals surface area contributed by atoms with E-state index in [9.17, 15) is 9.59 Å². The van der Waals surface area contributed by atoms with Gasteiger partial charge in [0.25, 0.3) is 0 Å². The van der Waals surface area contributed by atoms with Crippen LogP contribution in [0.3, 0.4) is 0 Å². The summed E-state index contributed by atoms with van der Waals surface area (Å²) in [5.41, 5.74) is 3.27. The smallest absolute Gasteiger partial charge is 0.227 e. The first kappa shape index (κ1) is 25.1. The zero-order valence-electron chi connectivity index (χ0n) is 20.1. The molecule has 0 atom stereocenters. The van der Waals surface area contributed by atoms with Gasteiger partial charge in [-0.15, -0.1) is 0 Å². The van der Waals surface area contributed by atoms with Crippen molar-refractivity contribution in [3.63, 3.8) is 0 Å². The number of amides is 2. The largest absolute Gasteiger partial charge is 0.489 e. The molecule has 1 fully saturated rings. The molecule has 6 heteroatoms. The van der Waals surface area contributed by atoms with Crippen LogP contribution in [0, 0.1) is 11.8 Å². The van der Waals surface area contributed by atoms with Crippen molar-refractivity contribution in [1.29, 1.82) is 0 Å². The van der Waals surface area contributed by atoms with Gasteiger partial charge in [0.2, 0.25) is 11.8 Å². The molecule has 0 bridgehead atoms. The number of ether oxygens (including phenoxy) is 2. The second-order valence-corrected chi connectivity index (χ2v) is 9.07. The van der Waals surface area contributed by atoms with Crippen LogP contribution < -0.4 is 20.1 Å². The molecule has 1 aliphatic carbocycles. The number of hydrogen-bond donors (Lipinski definition) is 2. The van der Waals surface area contributed by atoms with Crippen molar-refractivity contribution in [3.8, 4) is 11.5 Å². The van der Waals surface area contributed by atoms with Crippen molar-refractivity contribution in [1.82, 2.24) is 0 Å². The van der Waals surface area contributed by atoms with Crippen molar-refractivity contribution in [2.24, 2.45) is 11.8 Å². The number of benzene rings is 2. The molecule has 1 aliphatic rings. The van der Waals surface area contributed by atoms with Gasteiger partial charge < -0.3 is 20.1 Å². The number of anilines is 2. The number of carbonyl (C=O) groups is 2. The monoisotopic (exact) mass is 462 g/mol. The molecule has 0 saturated heterocycles. The molecule has 3 rings (SSSR count). The number of rotatable bonds is 10. The molecule has 180 valence electrons. The zero-order valence-corrected chi connectivity index (χ0v) is 20.1. The summed E-state index contributed by atoms with van der Waals surface area (Å²) in [6, 6.07) is 14.7. The molecule has 34 heavy (non-hydrogen) atoms. The summed E-state index contributed by atoms with van der Waals surface area (Å²) in [6.45, 7) is 12.3. The fourth-order valence-electron chi connectivity index (χ4n) is 3.85. The van der Waals surface area contributed by atoms with Crippen molar-refractivity contribution in [3.05, 3.63) is 72.8 Å². The summed E-state index contributed by atoms with van der Waals surface area (Å²) < 4.78 is 11.3. The molecule has 0 aliphatic heterocycles. The summed E-state index contributed by atoms with van der Waals surface area (Å²) in [4.78, 5) is 25.5. The van der Waals surface area contributed by atoms with Crippen molar-refractivity contribution >= 4 is 23.2 Å². The first-order valence-electron chi connectivity index (χ1n) is 11.7. The highest BCUT2D eigenvalue weighted by atomic mass is 16.5. The van der Waals surface area contributed by atoms with Gasteiger partial charge >= 0.3 is 0 Å². The zero-order chi connectivity index (χ0) is 24.5. The Morgan fingerprint density at radius 1 is 0.765 bits per heavy atom. The third-order valence-electron chi connectivity index (χ3n) is 5.64. The first-order valence-corrected chi connectivity index (χ1v) is 11.7. The van der Waals surface area contributed by atoms with Gasteiger partial charge in [-0.1, -0.05) is 25.3 Å². The average molecular weight is 463 g/mol. The van der Waals surface area contributed by atoms with E-state index in [2.05, 4.69) is 23.8 Å². The Labute approximate surface area is 202 Å². The van der Waals surface area contributed by atoms with E-state index in [4.69, 9.17) is 9.47 Å². The van der Waals surface area contributed by atoms with E-state index in [0.29, 0.717) is 61.8 Å². The van der Waals surface area contributed by atoms with Crippen LogP contribution >= 0.6 is 0 Å². The highest BCUT2D eigenvalue weighted by molar-refractivity contribution is 5.94. The van der Waals surface area contributed by atoms with Crippen LogP contribution in [0.1, 0.15) is 39.5 Å². The summed E-state index contributed by atoms with van der Waals surface area (Å²) in [5, 5.41) is 5.98. The van der Waals surface area contributed by atoms with E-state index in [0.717, 1.165) is 11.1 Å². The number of nitrogens with one attached hydrogen (secondary N) is 2. The van der Waals surface area contributed by atoms with Gasteiger partial charge in [0.1, 0.15) is 24.7 Å². The maximum absolute atomic E-state index is 12.8. The van der Waals surface area contributed by atoms with Crippen LogP contribution in [-0.4, -0.2) is 25.0 Å².